The molecule has 0 radical (unpaired) electrons. The molecule has 1 aliphatic carbocycles. The highest BCUT2D eigenvalue weighted by Gasteiger charge is 2.33. The first-order valence-electron chi connectivity index (χ1n) is 6.72. The van der Waals surface area contributed by atoms with Crippen LogP contribution in [0.3, 0.4) is 0 Å². The molecule has 0 aliphatic heterocycles. The van der Waals surface area contributed by atoms with Crippen LogP contribution in [0.5, 0.6) is 0 Å². The Morgan fingerprint density at radius 3 is 2.62 bits per heavy atom. The lowest BCUT2D eigenvalue weighted by molar-refractivity contribution is -0.138. The average Bonchev–Trinajstić information content (AvgIpc) is 3.20. The molecule has 3 N–H and O–H groups in total. The first-order chi connectivity index (χ1) is 9.81. The Bertz CT molecular complexity index is 527. The molecule has 21 heavy (non-hydrogen) atoms. The predicted molar refractivity (Wildman–Crippen MR) is 73.8 cm³/mol. The molecule has 1 aliphatic rings. The number of rotatable bonds is 5. The molecule has 2 rings (SSSR count). The van der Waals surface area contributed by atoms with Crippen LogP contribution in [0.15, 0.2) is 18.2 Å². The van der Waals surface area contributed by atoms with Crippen molar-refractivity contribution in [2.75, 3.05) is 18.5 Å². The van der Waals surface area contributed by atoms with Gasteiger partial charge in [0.25, 0.3) is 0 Å². The van der Waals surface area contributed by atoms with E-state index in [-0.39, 0.29) is 30.6 Å². The number of benzene rings is 1. The molecule has 0 bridgehead atoms. The van der Waals surface area contributed by atoms with Crippen LogP contribution in [-0.2, 0) is 17.5 Å². The molecule has 0 aromatic heterocycles. The fourth-order valence-corrected chi connectivity index (χ4v) is 2.05. The SMILES string of the molecule is CN(CC(=O)NC1CC1)c1ccc(CN)c(C(F)(F)F)c1. The lowest BCUT2D eigenvalue weighted by Crippen LogP contribution is -2.36. The van der Waals surface area contributed by atoms with Crippen LogP contribution in [0.25, 0.3) is 0 Å². The molecule has 1 fully saturated rings. The maximum atomic E-state index is 13.0. The van der Waals surface area contributed by atoms with Gasteiger partial charge in [-0.2, -0.15) is 13.2 Å². The molecule has 1 aromatic rings. The van der Waals surface area contributed by atoms with Gasteiger partial charge in [-0.3, -0.25) is 4.79 Å². The van der Waals surface area contributed by atoms with Crippen LogP contribution < -0.4 is 16.0 Å². The fraction of sp³-hybridized carbons (Fsp3) is 0.500. The highest BCUT2D eigenvalue weighted by molar-refractivity contribution is 5.81. The van der Waals surface area contributed by atoms with Crippen LogP contribution in [-0.4, -0.2) is 25.5 Å². The third kappa shape index (κ3) is 4.10. The number of halogens is 3. The fourth-order valence-electron chi connectivity index (χ4n) is 2.05. The van der Waals surface area contributed by atoms with Crippen LogP contribution in [0.2, 0.25) is 0 Å². The predicted octanol–water partition coefficient (Wildman–Crippen LogP) is 1.88. The van der Waals surface area contributed by atoms with Gasteiger partial charge in [-0.15, -0.1) is 0 Å². The summed E-state index contributed by atoms with van der Waals surface area (Å²) >= 11 is 0. The lowest BCUT2D eigenvalue weighted by atomic mass is 10.1. The number of nitrogens with two attached hydrogens (primary N) is 1. The third-order valence-corrected chi connectivity index (χ3v) is 3.38. The van der Waals surface area contributed by atoms with Gasteiger partial charge < -0.3 is 16.0 Å². The summed E-state index contributed by atoms with van der Waals surface area (Å²) in [6, 6.07) is 4.17. The van der Waals surface area contributed by atoms with Crippen molar-refractivity contribution < 1.29 is 18.0 Å². The van der Waals surface area contributed by atoms with Gasteiger partial charge in [0.2, 0.25) is 5.91 Å². The van der Waals surface area contributed by atoms with Crippen LogP contribution in [0.1, 0.15) is 24.0 Å². The first kappa shape index (κ1) is 15.6. The topological polar surface area (TPSA) is 58.4 Å². The van der Waals surface area contributed by atoms with E-state index in [4.69, 9.17) is 5.73 Å². The van der Waals surface area contributed by atoms with Gasteiger partial charge in [-0.1, -0.05) is 6.07 Å². The zero-order chi connectivity index (χ0) is 15.6. The monoisotopic (exact) mass is 301 g/mol. The molecule has 1 aromatic carbocycles. The summed E-state index contributed by atoms with van der Waals surface area (Å²) in [5.41, 5.74) is 4.97. The number of nitrogens with zero attached hydrogens (tertiary/aromatic N) is 1. The summed E-state index contributed by atoms with van der Waals surface area (Å²) in [5, 5.41) is 2.80. The van der Waals surface area contributed by atoms with Gasteiger partial charge in [0.1, 0.15) is 0 Å². The number of hydrogen-bond donors (Lipinski definition) is 2. The summed E-state index contributed by atoms with van der Waals surface area (Å²) in [4.78, 5) is 13.2. The number of amides is 1. The van der Waals surface area contributed by atoms with E-state index in [0.717, 1.165) is 18.9 Å². The molecule has 0 spiro atoms. The molecule has 0 atom stereocenters. The molecular formula is C14H18F3N3O. The van der Waals surface area contributed by atoms with E-state index in [2.05, 4.69) is 5.32 Å². The number of hydrogen-bond acceptors (Lipinski definition) is 3. The van der Waals surface area contributed by atoms with Crippen molar-refractivity contribution >= 4 is 11.6 Å². The molecule has 4 nitrogen and oxygen atoms in total. The first-order valence-corrected chi connectivity index (χ1v) is 6.72. The summed E-state index contributed by atoms with van der Waals surface area (Å²) in [6.07, 6.45) is -2.51. The molecule has 0 unspecified atom stereocenters. The quantitative estimate of drug-likeness (QED) is 0.873. The van der Waals surface area contributed by atoms with Crippen molar-refractivity contribution in [1.82, 2.24) is 5.32 Å². The van der Waals surface area contributed by atoms with Crippen molar-refractivity contribution in [2.45, 2.75) is 31.6 Å². The normalized spacial score (nSPS) is 14.9. The van der Waals surface area contributed by atoms with E-state index in [1.54, 1.807) is 13.1 Å². The smallest absolute Gasteiger partial charge is 0.365 e. The van der Waals surface area contributed by atoms with E-state index in [9.17, 15) is 18.0 Å². The number of anilines is 1. The maximum absolute atomic E-state index is 13.0. The van der Waals surface area contributed by atoms with Crippen LogP contribution in [0.4, 0.5) is 18.9 Å². The van der Waals surface area contributed by atoms with Gasteiger partial charge in [0.05, 0.1) is 12.1 Å². The second kappa shape index (κ2) is 5.93. The minimum Gasteiger partial charge on any atom is -0.365 e. The number of nitrogens with one attached hydrogen (secondary N) is 1. The molecule has 116 valence electrons. The summed E-state index contributed by atoms with van der Waals surface area (Å²) in [7, 11) is 1.59. The van der Waals surface area contributed by atoms with Gasteiger partial charge in [-0.25, -0.2) is 0 Å². The highest BCUT2D eigenvalue weighted by atomic mass is 19.4. The number of alkyl halides is 3. The van der Waals surface area contributed by atoms with Crippen LogP contribution in [0, 0.1) is 0 Å². The Morgan fingerprint density at radius 2 is 2.10 bits per heavy atom. The number of carbonyl (C=O) groups is 1. The zero-order valence-electron chi connectivity index (χ0n) is 11.7. The van der Waals surface area contributed by atoms with E-state index in [1.165, 1.54) is 11.0 Å². The molecule has 1 saturated carbocycles. The number of likely N-dealkylation sites (N-methyl/N-ethyl adjacent to an activating group) is 1. The van der Waals surface area contributed by atoms with Crippen molar-refractivity contribution in [3.63, 3.8) is 0 Å². The Balaban J connectivity index is 2.13. The summed E-state index contributed by atoms with van der Waals surface area (Å²) in [6.45, 7) is -0.156. The van der Waals surface area contributed by atoms with Crippen molar-refractivity contribution in [2.24, 2.45) is 5.73 Å². The third-order valence-electron chi connectivity index (χ3n) is 3.38. The summed E-state index contributed by atoms with van der Waals surface area (Å²) < 4.78 is 38.9. The van der Waals surface area contributed by atoms with Gasteiger partial charge in [0, 0.05) is 25.3 Å². The molecule has 1 amide bonds. The molecule has 7 heteroatoms. The lowest BCUT2D eigenvalue weighted by Gasteiger charge is -2.21. The highest BCUT2D eigenvalue weighted by Crippen LogP contribution is 2.34. The zero-order valence-corrected chi connectivity index (χ0v) is 11.7. The van der Waals surface area contributed by atoms with Gasteiger partial charge in [-0.05, 0) is 30.5 Å². The second-order valence-corrected chi connectivity index (χ2v) is 5.24. The Morgan fingerprint density at radius 1 is 1.43 bits per heavy atom. The van der Waals surface area contributed by atoms with Crippen molar-refractivity contribution in [3.8, 4) is 0 Å². The van der Waals surface area contributed by atoms with Crippen molar-refractivity contribution in [3.05, 3.63) is 29.3 Å². The van der Waals surface area contributed by atoms with Gasteiger partial charge in [0.15, 0.2) is 0 Å². The van der Waals surface area contributed by atoms with E-state index in [1.807, 2.05) is 0 Å². The average molecular weight is 301 g/mol. The van der Waals surface area contributed by atoms with Crippen molar-refractivity contribution in [1.29, 1.82) is 0 Å². The number of carbonyl (C=O) groups excluding carboxylic acids is 1. The standard InChI is InChI=1S/C14H18F3N3O/c1-20(8-13(21)19-10-3-4-10)11-5-2-9(7-18)12(6-11)14(15,16)17/h2,5-6,10H,3-4,7-8,18H2,1H3,(H,19,21). The van der Waals surface area contributed by atoms with E-state index >= 15 is 0 Å². The Hall–Kier alpha value is -1.76. The minimum atomic E-state index is -4.46. The Labute approximate surface area is 121 Å². The Kier molecular flexibility index (Phi) is 4.41. The largest absolute Gasteiger partial charge is 0.416 e. The minimum absolute atomic E-state index is 0.0236. The van der Waals surface area contributed by atoms with Crippen LogP contribution >= 0.6 is 0 Å². The molecule has 0 saturated heterocycles. The molecular weight excluding hydrogens is 283 g/mol. The van der Waals surface area contributed by atoms with Gasteiger partial charge >= 0.3 is 6.18 Å². The maximum Gasteiger partial charge on any atom is 0.416 e. The summed E-state index contributed by atoms with van der Waals surface area (Å²) in [5.74, 6) is -0.184. The molecule has 0 heterocycles. The van der Waals surface area contributed by atoms with E-state index in [0.29, 0.717) is 5.69 Å². The second-order valence-electron chi connectivity index (χ2n) is 5.24. The van der Waals surface area contributed by atoms with E-state index < -0.39 is 11.7 Å².